The first-order valence-electron chi connectivity index (χ1n) is 10.1. The van der Waals surface area contributed by atoms with Crippen molar-refractivity contribution in [3.05, 3.63) is 96.1 Å². The average molecular weight is 433 g/mol. The Morgan fingerprint density at radius 2 is 1.47 bits per heavy atom. The van der Waals surface area contributed by atoms with Gasteiger partial charge in [-0.15, -0.1) is 0 Å². The normalized spacial score (nSPS) is 11.2. The van der Waals surface area contributed by atoms with Crippen LogP contribution < -0.4 is 10.1 Å². The molecule has 0 saturated heterocycles. The van der Waals surface area contributed by atoms with E-state index in [0.29, 0.717) is 22.6 Å². The van der Waals surface area contributed by atoms with E-state index in [1.807, 2.05) is 18.2 Å². The van der Waals surface area contributed by atoms with Gasteiger partial charge in [-0.25, -0.2) is 9.59 Å². The zero-order valence-electron chi connectivity index (χ0n) is 17.3. The first kappa shape index (κ1) is 22.6. The maximum absolute atomic E-state index is 12.2. The van der Waals surface area contributed by atoms with Gasteiger partial charge in [-0.1, -0.05) is 66.7 Å². The maximum atomic E-state index is 12.2. The molecular weight excluding hydrogens is 410 g/mol. The van der Waals surface area contributed by atoms with E-state index in [1.54, 1.807) is 66.7 Å². The molecule has 0 aliphatic carbocycles. The van der Waals surface area contributed by atoms with Crippen LogP contribution in [-0.2, 0) is 16.1 Å². The third-order valence-electron chi connectivity index (χ3n) is 4.65. The Kier molecular flexibility index (Phi) is 7.97. The number of Topliss-reactive ketones (excluding diaryl/α,β-unsaturated/α-hetero) is 1. The van der Waals surface area contributed by atoms with Crippen molar-refractivity contribution in [2.24, 2.45) is 0 Å². The van der Waals surface area contributed by atoms with Gasteiger partial charge >= 0.3 is 12.1 Å². The lowest BCUT2D eigenvalue weighted by atomic mass is 10.0. The molecule has 3 aromatic rings. The summed E-state index contributed by atoms with van der Waals surface area (Å²) in [6.45, 7) is -0.107. The second kappa shape index (κ2) is 11.3. The molecule has 164 valence electrons. The van der Waals surface area contributed by atoms with Crippen LogP contribution in [0.5, 0.6) is 11.5 Å². The lowest BCUT2D eigenvalue weighted by molar-refractivity contribution is -0.139. The first-order chi connectivity index (χ1) is 15.5. The number of ketones is 1. The van der Waals surface area contributed by atoms with Gasteiger partial charge in [-0.2, -0.15) is 0 Å². The Hall–Kier alpha value is -4.13. The number of rotatable bonds is 10. The summed E-state index contributed by atoms with van der Waals surface area (Å²) in [5.74, 6) is -0.275. The van der Waals surface area contributed by atoms with Crippen LogP contribution in [0.1, 0.15) is 28.8 Å². The molecule has 1 unspecified atom stereocenters. The number of carboxylic acid groups (broad SMARTS) is 1. The van der Waals surface area contributed by atoms with E-state index in [1.165, 1.54) is 0 Å². The zero-order valence-corrected chi connectivity index (χ0v) is 17.3. The first-order valence-corrected chi connectivity index (χ1v) is 10.1. The van der Waals surface area contributed by atoms with Crippen LogP contribution in [0.4, 0.5) is 4.79 Å². The van der Waals surface area contributed by atoms with Crippen molar-refractivity contribution in [1.82, 2.24) is 5.32 Å². The highest BCUT2D eigenvalue weighted by Gasteiger charge is 2.22. The predicted molar refractivity (Wildman–Crippen MR) is 118 cm³/mol. The molecule has 0 heterocycles. The highest BCUT2D eigenvalue weighted by Crippen LogP contribution is 2.25. The number of ether oxygens (including phenoxy) is 2. The molecule has 0 radical (unpaired) electrons. The summed E-state index contributed by atoms with van der Waals surface area (Å²) < 4.78 is 11.0. The van der Waals surface area contributed by atoms with E-state index < -0.39 is 18.1 Å². The fourth-order valence-electron chi connectivity index (χ4n) is 2.97. The molecule has 0 aliphatic rings. The second-order valence-electron chi connectivity index (χ2n) is 6.96. The van der Waals surface area contributed by atoms with Crippen molar-refractivity contribution in [2.45, 2.75) is 25.5 Å². The van der Waals surface area contributed by atoms with Gasteiger partial charge in [0.15, 0.2) is 5.78 Å². The fraction of sp³-hybridized carbons (Fsp3) is 0.160. The standard InChI is InChI=1S/C25H23NO6/c27-22(18-9-3-1-4-10-18)16-15-21(24(28)29)26-25(30)31-17-19-11-7-8-14-23(19)32-20-12-5-2-6-13-20/h1-14,21H,15-17H2,(H,26,30)(H,28,29). The van der Waals surface area contributed by atoms with E-state index in [-0.39, 0.29) is 25.2 Å². The number of amides is 1. The molecule has 1 amide bonds. The third kappa shape index (κ3) is 6.70. The van der Waals surface area contributed by atoms with Crippen molar-refractivity contribution >= 4 is 17.8 Å². The van der Waals surface area contributed by atoms with Crippen LogP contribution in [0, 0.1) is 0 Å². The Morgan fingerprint density at radius 3 is 2.16 bits per heavy atom. The number of hydrogen-bond acceptors (Lipinski definition) is 5. The molecular formula is C25H23NO6. The van der Waals surface area contributed by atoms with Crippen LogP contribution in [0.15, 0.2) is 84.9 Å². The van der Waals surface area contributed by atoms with Crippen molar-refractivity contribution in [2.75, 3.05) is 0 Å². The van der Waals surface area contributed by atoms with Crippen molar-refractivity contribution in [1.29, 1.82) is 0 Å². The van der Waals surface area contributed by atoms with Gasteiger partial charge in [0.05, 0.1) is 0 Å². The van der Waals surface area contributed by atoms with E-state index >= 15 is 0 Å². The smallest absolute Gasteiger partial charge is 0.408 e. The van der Waals surface area contributed by atoms with E-state index in [0.717, 1.165) is 0 Å². The Balaban J connectivity index is 1.54. The number of benzene rings is 3. The minimum Gasteiger partial charge on any atom is -0.480 e. The van der Waals surface area contributed by atoms with Gasteiger partial charge in [-0.05, 0) is 24.6 Å². The summed E-state index contributed by atoms with van der Waals surface area (Å²) in [5, 5.41) is 11.7. The van der Waals surface area contributed by atoms with Gasteiger partial charge in [0.1, 0.15) is 24.1 Å². The number of para-hydroxylation sites is 2. The summed E-state index contributed by atoms with van der Waals surface area (Å²) in [6.07, 6.45) is -0.958. The molecule has 7 nitrogen and oxygen atoms in total. The monoisotopic (exact) mass is 433 g/mol. The molecule has 0 aliphatic heterocycles. The summed E-state index contributed by atoms with van der Waals surface area (Å²) in [5.41, 5.74) is 1.12. The zero-order chi connectivity index (χ0) is 22.8. The van der Waals surface area contributed by atoms with Crippen LogP contribution in [0.25, 0.3) is 0 Å². The number of carbonyl (C=O) groups is 3. The summed E-state index contributed by atoms with van der Waals surface area (Å²) in [6, 6.07) is 23.6. The van der Waals surface area contributed by atoms with Crippen LogP contribution >= 0.6 is 0 Å². The fourth-order valence-corrected chi connectivity index (χ4v) is 2.97. The molecule has 0 saturated carbocycles. The molecule has 7 heteroatoms. The van der Waals surface area contributed by atoms with Crippen LogP contribution in [0.2, 0.25) is 0 Å². The lowest BCUT2D eigenvalue weighted by Gasteiger charge is -2.15. The topological polar surface area (TPSA) is 102 Å². The Labute approximate surface area is 185 Å². The van der Waals surface area contributed by atoms with Gasteiger partial charge in [-0.3, -0.25) is 4.79 Å². The molecule has 0 fully saturated rings. The van der Waals surface area contributed by atoms with Crippen molar-refractivity contribution in [3.8, 4) is 11.5 Å². The lowest BCUT2D eigenvalue weighted by Crippen LogP contribution is -2.41. The third-order valence-corrected chi connectivity index (χ3v) is 4.65. The number of hydrogen-bond donors (Lipinski definition) is 2. The van der Waals surface area contributed by atoms with E-state index in [2.05, 4.69) is 5.32 Å². The molecule has 3 rings (SSSR count). The van der Waals surface area contributed by atoms with E-state index in [4.69, 9.17) is 9.47 Å². The molecule has 0 spiro atoms. The van der Waals surface area contributed by atoms with Crippen LogP contribution in [-0.4, -0.2) is 29.0 Å². The van der Waals surface area contributed by atoms with Crippen LogP contribution in [0.3, 0.4) is 0 Å². The minimum atomic E-state index is -1.24. The second-order valence-corrected chi connectivity index (χ2v) is 6.96. The summed E-state index contributed by atoms with van der Waals surface area (Å²) >= 11 is 0. The number of nitrogens with one attached hydrogen (secondary N) is 1. The van der Waals surface area contributed by atoms with Crippen molar-refractivity contribution in [3.63, 3.8) is 0 Å². The average Bonchev–Trinajstić information content (AvgIpc) is 2.82. The summed E-state index contributed by atoms with van der Waals surface area (Å²) in [4.78, 5) is 35.9. The van der Waals surface area contributed by atoms with Gasteiger partial charge < -0.3 is 19.9 Å². The SMILES string of the molecule is O=C(NC(CCC(=O)c1ccccc1)C(=O)O)OCc1ccccc1Oc1ccccc1. The van der Waals surface area contributed by atoms with E-state index in [9.17, 15) is 19.5 Å². The highest BCUT2D eigenvalue weighted by atomic mass is 16.5. The molecule has 32 heavy (non-hydrogen) atoms. The number of carbonyl (C=O) groups excluding carboxylic acids is 2. The number of aliphatic carboxylic acids is 1. The van der Waals surface area contributed by atoms with Crippen molar-refractivity contribution < 1.29 is 29.0 Å². The maximum Gasteiger partial charge on any atom is 0.408 e. The Bertz CT molecular complexity index is 1050. The molecule has 3 aromatic carbocycles. The van der Waals surface area contributed by atoms with Gasteiger partial charge in [0.25, 0.3) is 0 Å². The number of alkyl carbamates (subject to hydrolysis) is 1. The largest absolute Gasteiger partial charge is 0.480 e. The molecule has 1 atom stereocenters. The molecule has 2 N–H and O–H groups in total. The highest BCUT2D eigenvalue weighted by molar-refractivity contribution is 5.96. The predicted octanol–water partition coefficient (Wildman–Crippen LogP) is 4.82. The molecule has 0 aromatic heterocycles. The van der Waals surface area contributed by atoms with Gasteiger partial charge in [0.2, 0.25) is 0 Å². The Morgan fingerprint density at radius 1 is 0.844 bits per heavy atom. The quantitative estimate of drug-likeness (QED) is 0.445. The molecule has 0 bridgehead atoms. The van der Waals surface area contributed by atoms with Gasteiger partial charge in [0, 0.05) is 17.5 Å². The minimum absolute atomic E-state index is 0.0188. The number of carboxylic acids is 1. The summed E-state index contributed by atoms with van der Waals surface area (Å²) in [7, 11) is 0.